The fourth-order valence-corrected chi connectivity index (χ4v) is 2.59. The lowest BCUT2D eigenvalue weighted by Crippen LogP contribution is -2.13. The highest BCUT2D eigenvalue weighted by Gasteiger charge is 2.23. The van der Waals surface area contributed by atoms with Crippen molar-refractivity contribution in [1.82, 2.24) is 0 Å². The lowest BCUT2D eigenvalue weighted by molar-refractivity contribution is -0.131. The van der Waals surface area contributed by atoms with E-state index in [1.807, 2.05) is 0 Å². The van der Waals surface area contributed by atoms with Crippen LogP contribution in [-0.2, 0) is 14.9 Å². The van der Waals surface area contributed by atoms with Gasteiger partial charge in [0, 0.05) is 24.7 Å². The Hall–Kier alpha value is -3.11. The van der Waals surface area contributed by atoms with Crippen LogP contribution < -0.4 is 10.1 Å². The van der Waals surface area contributed by atoms with E-state index < -0.39 is 44.0 Å². The summed E-state index contributed by atoms with van der Waals surface area (Å²) < 4.78 is 36.3. The van der Waals surface area contributed by atoms with Crippen molar-refractivity contribution in [2.45, 2.75) is 11.8 Å². The fraction of sp³-hybridized carbons (Fsp3) is 0.0667. The number of amides is 1. The number of carbonyl (C=O) groups is 2. The lowest BCUT2D eigenvalue weighted by atomic mass is 10.1. The van der Waals surface area contributed by atoms with Crippen molar-refractivity contribution in [2.24, 2.45) is 0 Å². The molecule has 0 saturated heterocycles. The lowest BCUT2D eigenvalue weighted by Gasteiger charge is -2.10. The van der Waals surface area contributed by atoms with Crippen molar-refractivity contribution >= 4 is 27.7 Å². The number of rotatable bonds is 4. The number of ether oxygens (including phenoxy) is 1. The van der Waals surface area contributed by atoms with Gasteiger partial charge >= 0.3 is 5.97 Å². The van der Waals surface area contributed by atoms with Crippen LogP contribution in [0.3, 0.4) is 0 Å². The van der Waals surface area contributed by atoms with Gasteiger partial charge in [0.1, 0.15) is 22.1 Å². The summed E-state index contributed by atoms with van der Waals surface area (Å²) in [6.07, 6.45) is 0. The molecule has 1 amide bonds. The van der Waals surface area contributed by atoms with Gasteiger partial charge in [-0.2, -0.15) is 8.42 Å². The Morgan fingerprint density at radius 3 is 2.40 bits per heavy atom. The predicted molar refractivity (Wildman–Crippen MR) is 85.3 cm³/mol. The molecule has 0 bridgehead atoms. The van der Waals surface area contributed by atoms with Crippen LogP contribution in [-0.4, -0.2) is 35.1 Å². The number of hydrogen-bond acceptors (Lipinski definition) is 7. The van der Waals surface area contributed by atoms with Crippen LogP contribution in [0.5, 0.6) is 17.2 Å². The number of phenols is 2. The third kappa shape index (κ3) is 4.46. The topological polar surface area (TPSA) is 150 Å². The maximum Gasteiger partial charge on any atom is 0.308 e. The minimum absolute atomic E-state index is 0.157. The molecule has 0 atom stereocenters. The van der Waals surface area contributed by atoms with Gasteiger partial charge in [0.2, 0.25) is 0 Å². The number of benzene rings is 2. The van der Waals surface area contributed by atoms with Crippen LogP contribution in [0.2, 0.25) is 0 Å². The fourth-order valence-electron chi connectivity index (χ4n) is 1.96. The molecule has 0 heterocycles. The normalized spacial score (nSPS) is 11.0. The van der Waals surface area contributed by atoms with Crippen molar-refractivity contribution in [2.75, 3.05) is 5.32 Å². The van der Waals surface area contributed by atoms with E-state index in [1.165, 1.54) is 31.2 Å². The number of anilines is 1. The zero-order valence-corrected chi connectivity index (χ0v) is 13.6. The van der Waals surface area contributed by atoms with E-state index in [0.717, 1.165) is 6.07 Å². The Labute approximate surface area is 142 Å². The van der Waals surface area contributed by atoms with E-state index in [-0.39, 0.29) is 11.4 Å². The molecule has 0 aliphatic rings. The first-order valence-corrected chi connectivity index (χ1v) is 8.15. The number of aromatic hydroxyl groups is 2. The van der Waals surface area contributed by atoms with Crippen LogP contribution in [0.4, 0.5) is 5.69 Å². The van der Waals surface area contributed by atoms with E-state index in [2.05, 4.69) is 5.32 Å². The van der Waals surface area contributed by atoms with E-state index >= 15 is 0 Å². The number of nitrogens with one attached hydrogen (secondary N) is 1. The second kappa shape index (κ2) is 6.79. The first-order chi connectivity index (χ1) is 11.6. The summed E-state index contributed by atoms with van der Waals surface area (Å²) in [7, 11) is -4.85. The molecule has 0 radical (unpaired) electrons. The summed E-state index contributed by atoms with van der Waals surface area (Å²) in [5, 5.41) is 21.7. The molecule has 0 saturated carbocycles. The van der Waals surface area contributed by atoms with Gasteiger partial charge < -0.3 is 20.3 Å². The van der Waals surface area contributed by atoms with Crippen LogP contribution >= 0.6 is 0 Å². The van der Waals surface area contributed by atoms with E-state index in [0.29, 0.717) is 6.07 Å². The monoisotopic (exact) mass is 367 g/mol. The summed E-state index contributed by atoms with van der Waals surface area (Å²) >= 11 is 0. The second-order valence-corrected chi connectivity index (χ2v) is 6.28. The number of carbonyl (C=O) groups excluding carboxylic acids is 2. The zero-order valence-electron chi connectivity index (χ0n) is 12.8. The summed E-state index contributed by atoms with van der Waals surface area (Å²) in [6.45, 7) is 1.20. The van der Waals surface area contributed by atoms with Gasteiger partial charge in [-0.1, -0.05) is 6.07 Å². The molecule has 2 aromatic carbocycles. The van der Waals surface area contributed by atoms with Crippen molar-refractivity contribution in [3.8, 4) is 17.2 Å². The minimum Gasteiger partial charge on any atom is -0.508 e. The Bertz CT molecular complexity index is 952. The molecular weight excluding hydrogens is 354 g/mol. The quantitative estimate of drug-likeness (QED) is 0.275. The largest absolute Gasteiger partial charge is 0.508 e. The standard InChI is InChI=1S/C15H13NO8S/c1-8(17)24-11-4-2-3-9(5-11)16-15(20)12-6-10(18)7-13(14(12)19)25(21,22)23/h2-7,18-19H,1H3,(H,16,20)(H,21,22,23). The smallest absolute Gasteiger partial charge is 0.308 e. The third-order valence-electron chi connectivity index (χ3n) is 2.94. The Kier molecular flexibility index (Phi) is 4.95. The molecule has 0 unspecified atom stereocenters. The highest BCUT2D eigenvalue weighted by atomic mass is 32.2. The molecule has 132 valence electrons. The molecule has 0 spiro atoms. The van der Waals surface area contributed by atoms with Gasteiger partial charge in [0.25, 0.3) is 16.0 Å². The maximum atomic E-state index is 12.2. The van der Waals surface area contributed by atoms with Crippen molar-refractivity contribution in [3.05, 3.63) is 42.0 Å². The molecule has 0 aromatic heterocycles. The van der Waals surface area contributed by atoms with E-state index in [9.17, 15) is 28.2 Å². The van der Waals surface area contributed by atoms with Gasteiger partial charge in [-0.15, -0.1) is 0 Å². The van der Waals surface area contributed by atoms with Crippen molar-refractivity contribution in [1.29, 1.82) is 0 Å². The maximum absolute atomic E-state index is 12.2. The molecule has 2 rings (SSSR count). The molecule has 4 N–H and O–H groups in total. The second-order valence-electron chi connectivity index (χ2n) is 4.89. The molecular formula is C15H13NO8S. The van der Waals surface area contributed by atoms with Crippen molar-refractivity contribution in [3.63, 3.8) is 0 Å². The van der Waals surface area contributed by atoms with Gasteiger partial charge in [-0.3, -0.25) is 14.1 Å². The highest BCUT2D eigenvalue weighted by Crippen LogP contribution is 2.32. The SMILES string of the molecule is CC(=O)Oc1cccc(NC(=O)c2cc(O)cc(S(=O)(=O)O)c2O)c1. The average molecular weight is 367 g/mol. The van der Waals surface area contributed by atoms with Crippen LogP contribution in [0.1, 0.15) is 17.3 Å². The molecule has 0 aliphatic carbocycles. The summed E-state index contributed by atoms with van der Waals surface area (Å²) in [5.74, 6) is -3.03. The molecule has 25 heavy (non-hydrogen) atoms. The zero-order chi connectivity index (χ0) is 18.8. The first kappa shape index (κ1) is 18.2. The van der Waals surface area contributed by atoms with Gasteiger partial charge in [0.15, 0.2) is 0 Å². The third-order valence-corrected chi connectivity index (χ3v) is 3.80. The summed E-state index contributed by atoms with van der Waals surface area (Å²) in [6, 6.07) is 7.16. The van der Waals surface area contributed by atoms with Gasteiger partial charge in [-0.05, 0) is 18.2 Å². The Balaban J connectivity index is 2.36. The van der Waals surface area contributed by atoms with E-state index in [1.54, 1.807) is 0 Å². The molecule has 10 heteroatoms. The van der Waals surface area contributed by atoms with Gasteiger partial charge in [-0.25, -0.2) is 0 Å². The van der Waals surface area contributed by atoms with Crippen LogP contribution in [0.25, 0.3) is 0 Å². The first-order valence-electron chi connectivity index (χ1n) is 6.71. The molecule has 9 nitrogen and oxygen atoms in total. The summed E-state index contributed by atoms with van der Waals surface area (Å²) in [5.41, 5.74) is -0.398. The molecule has 2 aromatic rings. The highest BCUT2D eigenvalue weighted by molar-refractivity contribution is 7.86. The summed E-state index contributed by atoms with van der Waals surface area (Å²) in [4.78, 5) is 22.2. The number of hydrogen-bond donors (Lipinski definition) is 4. The van der Waals surface area contributed by atoms with Crippen LogP contribution in [0.15, 0.2) is 41.3 Å². The minimum atomic E-state index is -4.85. The van der Waals surface area contributed by atoms with E-state index in [4.69, 9.17) is 9.29 Å². The van der Waals surface area contributed by atoms with Crippen molar-refractivity contribution < 1.29 is 37.5 Å². The van der Waals surface area contributed by atoms with Crippen LogP contribution in [0, 0.1) is 0 Å². The molecule has 0 aliphatic heterocycles. The predicted octanol–water partition coefficient (Wildman–Crippen LogP) is 1.52. The van der Waals surface area contributed by atoms with Gasteiger partial charge in [0.05, 0.1) is 5.56 Å². The Morgan fingerprint density at radius 2 is 1.80 bits per heavy atom. The Morgan fingerprint density at radius 1 is 1.12 bits per heavy atom. The average Bonchev–Trinajstić information content (AvgIpc) is 2.47. The number of esters is 1. The molecule has 0 fully saturated rings. The number of phenolic OH excluding ortho intramolecular Hbond substituents is 2.